The molecule has 0 bridgehead atoms. The smallest absolute Gasteiger partial charge is 0.288 e. The van der Waals surface area contributed by atoms with E-state index in [1.165, 1.54) is 12.6 Å². The minimum Gasteiger partial charge on any atom is -0.423 e. The van der Waals surface area contributed by atoms with Crippen molar-refractivity contribution < 1.29 is 14.0 Å². The number of nitrogens with one attached hydrogen (secondary N) is 2. The first-order valence-corrected chi connectivity index (χ1v) is 6.62. The lowest BCUT2D eigenvalue weighted by molar-refractivity contribution is 0.0844. The van der Waals surface area contributed by atoms with Gasteiger partial charge >= 0.3 is 0 Å². The van der Waals surface area contributed by atoms with Crippen molar-refractivity contribution in [3.8, 4) is 11.5 Å². The molecule has 8 heteroatoms. The third kappa shape index (κ3) is 3.38. The molecule has 2 aromatic heterocycles. The van der Waals surface area contributed by atoms with Gasteiger partial charge in [0, 0.05) is 17.3 Å². The van der Waals surface area contributed by atoms with Gasteiger partial charge in [0.25, 0.3) is 11.8 Å². The number of aromatic nitrogens is 3. The van der Waals surface area contributed by atoms with Crippen molar-refractivity contribution in [1.82, 2.24) is 26.0 Å². The molecule has 0 unspecified atom stereocenters. The monoisotopic (exact) mass is 309 g/mol. The summed E-state index contributed by atoms with van der Waals surface area (Å²) in [6.45, 7) is 0. The topological polar surface area (TPSA) is 110 Å². The van der Waals surface area contributed by atoms with Gasteiger partial charge in [-0.05, 0) is 36.4 Å². The van der Waals surface area contributed by atoms with Crippen molar-refractivity contribution >= 4 is 11.8 Å². The summed E-state index contributed by atoms with van der Waals surface area (Å²) in [5.41, 5.74) is 5.89. The van der Waals surface area contributed by atoms with Crippen molar-refractivity contribution in [2.75, 3.05) is 0 Å². The first-order valence-electron chi connectivity index (χ1n) is 6.62. The zero-order valence-electron chi connectivity index (χ0n) is 11.8. The van der Waals surface area contributed by atoms with Gasteiger partial charge in [0.05, 0.1) is 0 Å². The first-order chi connectivity index (χ1) is 11.2. The number of carbonyl (C=O) groups excluding carboxylic acids is 2. The fourth-order valence-electron chi connectivity index (χ4n) is 1.81. The fraction of sp³-hybridized carbons (Fsp3) is 0. The highest BCUT2D eigenvalue weighted by Crippen LogP contribution is 2.16. The molecular weight excluding hydrogens is 298 g/mol. The third-order valence-electron chi connectivity index (χ3n) is 2.94. The minimum atomic E-state index is -0.499. The van der Waals surface area contributed by atoms with Crippen molar-refractivity contribution in [3.05, 3.63) is 66.3 Å². The van der Waals surface area contributed by atoms with Crippen LogP contribution < -0.4 is 10.9 Å². The summed E-state index contributed by atoms with van der Waals surface area (Å²) in [6, 6.07) is 11.4. The molecule has 23 heavy (non-hydrogen) atoms. The van der Waals surface area contributed by atoms with Gasteiger partial charge in [0.2, 0.25) is 12.3 Å². The molecule has 0 aliphatic rings. The van der Waals surface area contributed by atoms with Gasteiger partial charge in [-0.2, -0.15) is 0 Å². The normalized spacial score (nSPS) is 10.1. The van der Waals surface area contributed by atoms with E-state index in [1.54, 1.807) is 42.5 Å². The van der Waals surface area contributed by atoms with Crippen LogP contribution in [0.15, 0.2) is 59.5 Å². The van der Waals surface area contributed by atoms with E-state index in [9.17, 15) is 9.59 Å². The lowest BCUT2D eigenvalue weighted by Gasteiger charge is -2.07. The molecule has 0 atom stereocenters. The Labute approximate surface area is 130 Å². The Balaban J connectivity index is 1.61. The average Bonchev–Trinajstić information content (AvgIpc) is 3.15. The van der Waals surface area contributed by atoms with Crippen LogP contribution in [0.3, 0.4) is 0 Å². The number of hydrogen-bond donors (Lipinski definition) is 2. The number of carbonyl (C=O) groups is 2. The average molecular weight is 309 g/mol. The van der Waals surface area contributed by atoms with Crippen LogP contribution in [-0.2, 0) is 0 Å². The summed E-state index contributed by atoms with van der Waals surface area (Å²) >= 11 is 0. The zero-order valence-corrected chi connectivity index (χ0v) is 11.8. The Morgan fingerprint density at radius 2 is 1.74 bits per heavy atom. The highest BCUT2D eigenvalue weighted by atomic mass is 16.4. The minimum absolute atomic E-state index is 0.208. The van der Waals surface area contributed by atoms with Crippen molar-refractivity contribution in [2.24, 2.45) is 0 Å². The number of nitrogens with zero attached hydrogens (tertiary/aromatic N) is 3. The van der Waals surface area contributed by atoms with E-state index < -0.39 is 11.8 Å². The quantitative estimate of drug-likeness (QED) is 0.704. The second kappa shape index (κ2) is 6.48. The molecule has 0 aliphatic carbocycles. The van der Waals surface area contributed by atoms with Gasteiger partial charge in [0.15, 0.2) is 0 Å². The number of rotatable bonds is 3. The van der Waals surface area contributed by atoms with E-state index in [4.69, 9.17) is 4.42 Å². The molecule has 1 aromatic carbocycles. The summed E-state index contributed by atoms with van der Waals surface area (Å²) in [5.74, 6) is -0.590. The second-order valence-corrected chi connectivity index (χ2v) is 4.44. The molecule has 2 N–H and O–H groups in total. The lowest BCUT2D eigenvalue weighted by atomic mass is 10.1. The molecule has 0 saturated carbocycles. The number of hydrazine groups is 1. The molecule has 0 saturated heterocycles. The van der Waals surface area contributed by atoms with Gasteiger partial charge < -0.3 is 4.42 Å². The van der Waals surface area contributed by atoms with E-state index in [0.29, 0.717) is 17.0 Å². The summed E-state index contributed by atoms with van der Waals surface area (Å²) in [7, 11) is 0. The maximum absolute atomic E-state index is 12.0. The van der Waals surface area contributed by atoms with E-state index in [0.717, 1.165) is 0 Å². The van der Waals surface area contributed by atoms with E-state index in [1.807, 2.05) is 0 Å². The fourth-order valence-corrected chi connectivity index (χ4v) is 1.81. The molecule has 2 heterocycles. The summed E-state index contributed by atoms with van der Waals surface area (Å²) < 4.78 is 5.06. The Morgan fingerprint density at radius 3 is 2.39 bits per heavy atom. The number of hydrogen-bond acceptors (Lipinski definition) is 6. The molecule has 0 aliphatic heterocycles. The van der Waals surface area contributed by atoms with Crippen LogP contribution in [0, 0.1) is 0 Å². The third-order valence-corrected chi connectivity index (χ3v) is 2.94. The van der Waals surface area contributed by atoms with Crippen molar-refractivity contribution in [2.45, 2.75) is 0 Å². The molecule has 114 valence electrons. The molecule has 3 aromatic rings. The Hall–Kier alpha value is -3.55. The van der Waals surface area contributed by atoms with Crippen LogP contribution in [0.25, 0.3) is 11.5 Å². The number of pyridine rings is 1. The first kappa shape index (κ1) is 14.4. The number of benzene rings is 1. The molecule has 3 rings (SSSR count). The van der Waals surface area contributed by atoms with E-state index in [-0.39, 0.29) is 5.69 Å². The standard InChI is InChI=1S/C15H11N5O3/c21-13(18-19-14(22)12-3-1-2-8-16-12)10-4-6-11(7-5-10)15-20-17-9-23-15/h1-9H,(H,18,21)(H,19,22). The highest BCUT2D eigenvalue weighted by Gasteiger charge is 2.10. The summed E-state index contributed by atoms with van der Waals surface area (Å²) in [5, 5.41) is 7.36. The van der Waals surface area contributed by atoms with Crippen LogP contribution in [0.2, 0.25) is 0 Å². The molecule has 0 spiro atoms. The van der Waals surface area contributed by atoms with Crippen LogP contribution in [0.4, 0.5) is 0 Å². The maximum Gasteiger partial charge on any atom is 0.288 e. The molecule has 0 fully saturated rings. The lowest BCUT2D eigenvalue weighted by Crippen LogP contribution is -2.41. The van der Waals surface area contributed by atoms with Crippen molar-refractivity contribution in [1.29, 1.82) is 0 Å². The van der Waals surface area contributed by atoms with Crippen LogP contribution in [0.1, 0.15) is 20.8 Å². The zero-order chi connectivity index (χ0) is 16.1. The van der Waals surface area contributed by atoms with Crippen LogP contribution in [0.5, 0.6) is 0 Å². The van der Waals surface area contributed by atoms with Gasteiger partial charge in [-0.1, -0.05) is 6.07 Å². The van der Waals surface area contributed by atoms with Gasteiger partial charge in [-0.15, -0.1) is 10.2 Å². The predicted octanol–water partition coefficient (Wildman–Crippen LogP) is 1.21. The highest BCUT2D eigenvalue weighted by molar-refractivity contribution is 5.98. The van der Waals surface area contributed by atoms with Crippen molar-refractivity contribution in [3.63, 3.8) is 0 Å². The number of amides is 2. The summed E-state index contributed by atoms with van der Waals surface area (Å²) in [4.78, 5) is 27.6. The van der Waals surface area contributed by atoms with Crippen LogP contribution >= 0.6 is 0 Å². The maximum atomic E-state index is 12.0. The van der Waals surface area contributed by atoms with E-state index in [2.05, 4.69) is 26.0 Å². The van der Waals surface area contributed by atoms with Gasteiger partial charge in [0.1, 0.15) is 5.69 Å². The molecule has 0 radical (unpaired) electrons. The largest absolute Gasteiger partial charge is 0.423 e. The predicted molar refractivity (Wildman–Crippen MR) is 78.9 cm³/mol. The van der Waals surface area contributed by atoms with Gasteiger partial charge in [-0.3, -0.25) is 25.4 Å². The van der Waals surface area contributed by atoms with E-state index >= 15 is 0 Å². The molecular formula is C15H11N5O3. The van der Waals surface area contributed by atoms with Crippen LogP contribution in [-0.4, -0.2) is 27.0 Å². The molecule has 2 amide bonds. The Morgan fingerprint density at radius 1 is 0.957 bits per heavy atom. The SMILES string of the molecule is O=C(NNC(=O)c1ccccn1)c1ccc(-c2nnco2)cc1. The second-order valence-electron chi connectivity index (χ2n) is 4.44. The Bertz CT molecular complexity index is 801. The van der Waals surface area contributed by atoms with Gasteiger partial charge in [-0.25, -0.2) is 0 Å². The molecule has 8 nitrogen and oxygen atoms in total. The summed E-state index contributed by atoms with van der Waals surface area (Å²) in [6.07, 6.45) is 2.72. The Kier molecular flexibility index (Phi) is 4.05.